The van der Waals surface area contributed by atoms with Crippen molar-refractivity contribution in [2.24, 2.45) is 0 Å². The summed E-state index contributed by atoms with van der Waals surface area (Å²) < 4.78 is 0. The zero-order valence-electron chi connectivity index (χ0n) is 15.2. The number of rotatable bonds is 4. The van der Waals surface area contributed by atoms with Crippen LogP contribution in [0.15, 0.2) is 42.5 Å². The van der Waals surface area contributed by atoms with Gasteiger partial charge in [-0.2, -0.15) is 0 Å². The maximum Gasteiger partial charge on any atom is 0.243 e. The first-order valence-corrected chi connectivity index (χ1v) is 9.09. The van der Waals surface area contributed by atoms with E-state index in [1.807, 2.05) is 13.0 Å². The Morgan fingerprint density at radius 3 is 2.73 bits per heavy atom. The number of hydrazine groups is 1. The molecule has 2 heterocycles. The second-order valence-electron chi connectivity index (χ2n) is 7.00. The lowest BCUT2D eigenvalue weighted by atomic mass is 10.1. The average Bonchev–Trinajstić information content (AvgIpc) is 3.32. The molecule has 0 saturated carbocycles. The molecular formula is C20H25N5O. The molecule has 2 aromatic carbocycles. The first-order chi connectivity index (χ1) is 12.6. The summed E-state index contributed by atoms with van der Waals surface area (Å²) in [5.41, 5.74) is 8.97. The molecule has 4 N–H and O–H groups in total. The van der Waals surface area contributed by atoms with Crippen LogP contribution in [0.4, 0.5) is 11.4 Å². The summed E-state index contributed by atoms with van der Waals surface area (Å²) >= 11 is 0. The van der Waals surface area contributed by atoms with Crippen molar-refractivity contribution >= 4 is 17.3 Å². The Balaban J connectivity index is 1.38. The maximum absolute atomic E-state index is 12.7. The number of hydrogen-bond acceptors (Lipinski definition) is 5. The number of aryl methyl sites for hydroxylation is 1. The molecule has 1 saturated heterocycles. The molecule has 0 aromatic heterocycles. The van der Waals surface area contributed by atoms with Gasteiger partial charge in [-0.1, -0.05) is 30.3 Å². The smallest absolute Gasteiger partial charge is 0.243 e. The number of carbonyl (C=O) groups is 1. The second-order valence-corrected chi connectivity index (χ2v) is 7.00. The number of anilines is 2. The molecule has 6 nitrogen and oxygen atoms in total. The van der Waals surface area contributed by atoms with Crippen molar-refractivity contribution in [1.82, 2.24) is 16.1 Å². The molecular weight excluding hydrogens is 326 g/mol. The molecule has 26 heavy (non-hydrogen) atoms. The van der Waals surface area contributed by atoms with Crippen LogP contribution in [0.2, 0.25) is 0 Å². The normalized spacial score (nSPS) is 19.8. The molecule has 2 unspecified atom stereocenters. The van der Waals surface area contributed by atoms with Crippen LogP contribution in [0.25, 0.3) is 0 Å². The van der Waals surface area contributed by atoms with E-state index in [0.29, 0.717) is 0 Å². The molecule has 2 aliphatic heterocycles. The quantitative estimate of drug-likeness (QED) is 0.679. The van der Waals surface area contributed by atoms with E-state index in [1.54, 1.807) is 0 Å². The molecule has 1 fully saturated rings. The topological polar surface area (TPSA) is 68.4 Å². The largest absolute Gasteiger partial charge is 0.373 e. The molecule has 4 rings (SSSR count). The zero-order chi connectivity index (χ0) is 18.1. The van der Waals surface area contributed by atoms with E-state index in [2.05, 4.69) is 69.7 Å². The average molecular weight is 351 g/mol. The van der Waals surface area contributed by atoms with Gasteiger partial charge in [-0.25, -0.2) is 5.43 Å². The van der Waals surface area contributed by atoms with Gasteiger partial charge in [0.2, 0.25) is 5.91 Å². The summed E-state index contributed by atoms with van der Waals surface area (Å²) in [4.78, 5) is 12.7. The Kier molecular flexibility index (Phi) is 4.53. The van der Waals surface area contributed by atoms with Crippen molar-refractivity contribution < 1.29 is 4.79 Å². The first-order valence-electron chi connectivity index (χ1n) is 9.09. The highest BCUT2D eigenvalue weighted by Gasteiger charge is 2.28. The maximum atomic E-state index is 12.7. The molecule has 1 amide bonds. The number of nitrogens with one attached hydrogen (secondary N) is 4. The van der Waals surface area contributed by atoms with Crippen molar-refractivity contribution in [1.29, 1.82) is 0 Å². The Hall–Kier alpha value is -2.57. The van der Waals surface area contributed by atoms with Crippen molar-refractivity contribution in [3.8, 4) is 0 Å². The molecule has 2 atom stereocenters. The van der Waals surface area contributed by atoms with Gasteiger partial charge < -0.3 is 10.6 Å². The van der Waals surface area contributed by atoms with Crippen LogP contribution in [-0.4, -0.2) is 25.3 Å². The summed E-state index contributed by atoms with van der Waals surface area (Å²) in [6.45, 7) is 5.67. The minimum Gasteiger partial charge on any atom is -0.373 e. The van der Waals surface area contributed by atoms with Crippen molar-refractivity contribution in [3.05, 3.63) is 59.2 Å². The van der Waals surface area contributed by atoms with Gasteiger partial charge in [-0.15, -0.1) is 0 Å². The monoisotopic (exact) mass is 351 g/mol. The third-order valence-corrected chi connectivity index (χ3v) is 5.15. The van der Waals surface area contributed by atoms with Crippen LogP contribution in [0, 0.1) is 6.92 Å². The van der Waals surface area contributed by atoms with Gasteiger partial charge in [0.1, 0.15) is 6.04 Å². The SMILES string of the molecule is Cc1cccc2c1NC(C(=O)NC(C)c1ccc(N3CNCN3)cc1)C2. The number of carbonyl (C=O) groups excluding carboxylic acids is 1. The summed E-state index contributed by atoms with van der Waals surface area (Å²) in [7, 11) is 0. The van der Waals surface area contributed by atoms with E-state index in [-0.39, 0.29) is 18.0 Å². The highest BCUT2D eigenvalue weighted by Crippen LogP contribution is 2.29. The number of para-hydroxylation sites is 1. The van der Waals surface area contributed by atoms with E-state index >= 15 is 0 Å². The predicted octanol–water partition coefficient (Wildman–Crippen LogP) is 2.04. The molecule has 0 spiro atoms. The summed E-state index contributed by atoms with van der Waals surface area (Å²) in [5, 5.41) is 11.8. The summed E-state index contributed by atoms with van der Waals surface area (Å²) in [5.74, 6) is 0.0441. The minimum atomic E-state index is -0.201. The molecule has 0 bridgehead atoms. The van der Waals surface area contributed by atoms with Crippen LogP contribution in [0.5, 0.6) is 0 Å². The fourth-order valence-corrected chi connectivity index (χ4v) is 3.61. The summed E-state index contributed by atoms with van der Waals surface area (Å²) in [6, 6.07) is 14.3. The van der Waals surface area contributed by atoms with Gasteiger partial charge in [0, 0.05) is 12.1 Å². The summed E-state index contributed by atoms with van der Waals surface area (Å²) in [6.07, 6.45) is 0.738. The lowest BCUT2D eigenvalue weighted by Crippen LogP contribution is -2.39. The lowest BCUT2D eigenvalue weighted by Gasteiger charge is -2.20. The van der Waals surface area contributed by atoms with E-state index in [4.69, 9.17) is 0 Å². The lowest BCUT2D eigenvalue weighted by molar-refractivity contribution is -0.122. The van der Waals surface area contributed by atoms with Crippen LogP contribution in [-0.2, 0) is 11.2 Å². The molecule has 2 aliphatic rings. The molecule has 6 heteroatoms. The van der Waals surface area contributed by atoms with Gasteiger partial charge in [0.15, 0.2) is 0 Å². The fourth-order valence-electron chi connectivity index (χ4n) is 3.61. The zero-order valence-corrected chi connectivity index (χ0v) is 15.2. The van der Waals surface area contributed by atoms with Crippen LogP contribution in [0.1, 0.15) is 29.7 Å². The van der Waals surface area contributed by atoms with Gasteiger partial charge in [-0.05, 0) is 42.7 Å². The van der Waals surface area contributed by atoms with Crippen LogP contribution in [0.3, 0.4) is 0 Å². The first kappa shape index (κ1) is 16.9. The third kappa shape index (κ3) is 3.25. The van der Waals surface area contributed by atoms with Gasteiger partial charge >= 0.3 is 0 Å². The van der Waals surface area contributed by atoms with E-state index in [1.165, 1.54) is 11.1 Å². The Morgan fingerprint density at radius 1 is 1.23 bits per heavy atom. The van der Waals surface area contributed by atoms with Gasteiger partial charge in [0.05, 0.1) is 25.1 Å². The predicted molar refractivity (Wildman–Crippen MR) is 104 cm³/mol. The van der Waals surface area contributed by atoms with Crippen molar-refractivity contribution in [3.63, 3.8) is 0 Å². The minimum absolute atomic E-state index is 0.0344. The number of amides is 1. The molecule has 136 valence electrons. The fraction of sp³-hybridized carbons (Fsp3) is 0.350. The van der Waals surface area contributed by atoms with Crippen molar-refractivity contribution in [2.75, 3.05) is 23.7 Å². The Morgan fingerprint density at radius 2 is 2.04 bits per heavy atom. The number of benzene rings is 2. The second kappa shape index (κ2) is 6.97. The van der Waals surface area contributed by atoms with Crippen molar-refractivity contribution in [2.45, 2.75) is 32.4 Å². The molecule has 0 aliphatic carbocycles. The van der Waals surface area contributed by atoms with Crippen LogP contribution < -0.4 is 26.4 Å². The van der Waals surface area contributed by atoms with E-state index in [0.717, 1.165) is 36.7 Å². The van der Waals surface area contributed by atoms with Gasteiger partial charge in [0.25, 0.3) is 0 Å². The van der Waals surface area contributed by atoms with Crippen LogP contribution >= 0.6 is 0 Å². The number of fused-ring (bicyclic) bond motifs is 1. The van der Waals surface area contributed by atoms with Gasteiger partial charge in [-0.3, -0.25) is 15.1 Å². The highest BCUT2D eigenvalue weighted by atomic mass is 16.2. The molecule has 2 aromatic rings. The third-order valence-electron chi connectivity index (χ3n) is 5.15. The Bertz CT molecular complexity index is 798. The standard InChI is InChI=1S/C20H25N5O/c1-13-4-3-5-16-10-18(24-19(13)16)20(26)23-14(2)15-6-8-17(9-7-15)25-12-21-11-22-25/h3-9,14,18,21-22,24H,10-12H2,1-2H3,(H,23,26). The number of nitrogens with zero attached hydrogens (tertiary/aromatic N) is 1. The number of hydrogen-bond donors (Lipinski definition) is 4. The highest BCUT2D eigenvalue weighted by molar-refractivity contribution is 5.88. The Labute approximate surface area is 153 Å². The molecule has 0 radical (unpaired) electrons. The van der Waals surface area contributed by atoms with E-state index < -0.39 is 0 Å². The van der Waals surface area contributed by atoms with E-state index in [9.17, 15) is 4.79 Å².